The van der Waals surface area contributed by atoms with Gasteiger partial charge in [0.2, 0.25) is 11.8 Å². The van der Waals surface area contributed by atoms with E-state index in [2.05, 4.69) is 10.6 Å². The Morgan fingerprint density at radius 2 is 1.75 bits per heavy atom. The lowest BCUT2D eigenvalue weighted by molar-refractivity contribution is -0.123. The van der Waals surface area contributed by atoms with Gasteiger partial charge in [-0.15, -0.1) is 11.3 Å². The van der Waals surface area contributed by atoms with Crippen LogP contribution in [0.3, 0.4) is 0 Å². The third-order valence-corrected chi connectivity index (χ3v) is 5.07. The molecule has 146 valence electrons. The van der Waals surface area contributed by atoms with Gasteiger partial charge >= 0.3 is 5.97 Å². The number of carbonyl (C=O) groups excluding carboxylic acids is 4. The number of hydrogen-bond donors (Lipinski definition) is 3. The van der Waals surface area contributed by atoms with Gasteiger partial charge in [-0.2, -0.15) is 0 Å². The van der Waals surface area contributed by atoms with Crippen LogP contribution < -0.4 is 16.4 Å². The van der Waals surface area contributed by atoms with Crippen LogP contribution in [0.1, 0.15) is 39.8 Å². The van der Waals surface area contributed by atoms with E-state index in [0.29, 0.717) is 16.3 Å². The molecule has 0 radical (unpaired) electrons. The van der Waals surface area contributed by atoms with Crippen molar-refractivity contribution in [3.8, 4) is 0 Å². The van der Waals surface area contributed by atoms with Gasteiger partial charge in [-0.25, -0.2) is 4.79 Å². The number of amides is 3. The standard InChI is InChI=1S/C19H19N3O5S/c1-10(17(24)21-13-6-4-11(5-7-13)16(20)23)27-19(26)14-8-9-15(28-14)22-18(25)12-2-3-12/h4-10,12H,2-3H2,1H3,(H2,20,23)(H,21,24)(H,22,25). The summed E-state index contributed by atoms with van der Waals surface area (Å²) in [5.74, 6) is -1.71. The fourth-order valence-corrected chi connectivity index (χ4v) is 3.11. The summed E-state index contributed by atoms with van der Waals surface area (Å²) in [5, 5.41) is 5.92. The van der Waals surface area contributed by atoms with Gasteiger partial charge in [0.15, 0.2) is 6.10 Å². The summed E-state index contributed by atoms with van der Waals surface area (Å²) < 4.78 is 5.18. The lowest BCUT2D eigenvalue weighted by Crippen LogP contribution is -2.29. The Kier molecular flexibility index (Phi) is 5.74. The first kappa shape index (κ1) is 19.6. The average Bonchev–Trinajstić information content (AvgIpc) is 3.41. The van der Waals surface area contributed by atoms with Crippen molar-refractivity contribution >= 4 is 45.7 Å². The van der Waals surface area contributed by atoms with Crippen LogP contribution in [0.2, 0.25) is 0 Å². The molecule has 8 nitrogen and oxygen atoms in total. The van der Waals surface area contributed by atoms with Gasteiger partial charge in [-0.3, -0.25) is 14.4 Å². The van der Waals surface area contributed by atoms with Crippen LogP contribution in [0.15, 0.2) is 36.4 Å². The van der Waals surface area contributed by atoms with Gasteiger partial charge < -0.3 is 21.1 Å². The molecule has 0 bridgehead atoms. The summed E-state index contributed by atoms with van der Waals surface area (Å²) >= 11 is 1.09. The molecule has 2 aromatic rings. The first-order valence-corrected chi connectivity index (χ1v) is 9.47. The molecule has 9 heteroatoms. The predicted octanol–water partition coefficient (Wildman–Crippen LogP) is 2.38. The molecule has 28 heavy (non-hydrogen) atoms. The molecule has 1 aromatic heterocycles. The van der Waals surface area contributed by atoms with Gasteiger partial charge in [0, 0.05) is 17.2 Å². The highest BCUT2D eigenvalue weighted by molar-refractivity contribution is 7.18. The fraction of sp³-hybridized carbons (Fsp3) is 0.263. The van der Waals surface area contributed by atoms with Gasteiger partial charge in [-0.05, 0) is 56.2 Å². The number of esters is 1. The molecule has 1 atom stereocenters. The van der Waals surface area contributed by atoms with Crippen LogP contribution in [0, 0.1) is 5.92 Å². The topological polar surface area (TPSA) is 128 Å². The Morgan fingerprint density at radius 3 is 2.36 bits per heavy atom. The molecular weight excluding hydrogens is 382 g/mol. The highest BCUT2D eigenvalue weighted by Gasteiger charge is 2.30. The molecular formula is C19H19N3O5S. The SMILES string of the molecule is CC(OC(=O)c1ccc(NC(=O)C2CC2)s1)C(=O)Nc1ccc(C(N)=O)cc1. The normalized spacial score (nSPS) is 14.0. The van der Waals surface area contributed by atoms with Gasteiger partial charge in [-0.1, -0.05) is 0 Å². The van der Waals surface area contributed by atoms with Crippen molar-refractivity contribution in [2.45, 2.75) is 25.9 Å². The van der Waals surface area contributed by atoms with E-state index in [0.717, 1.165) is 24.2 Å². The minimum atomic E-state index is -1.03. The van der Waals surface area contributed by atoms with E-state index in [1.54, 1.807) is 12.1 Å². The molecule has 0 aliphatic heterocycles. The molecule has 1 aliphatic carbocycles. The predicted molar refractivity (Wildman–Crippen MR) is 104 cm³/mol. The smallest absolute Gasteiger partial charge is 0.349 e. The molecule has 1 fully saturated rings. The Balaban J connectivity index is 1.52. The molecule has 3 rings (SSSR count). The second kappa shape index (κ2) is 8.22. The summed E-state index contributed by atoms with van der Waals surface area (Å²) in [5.41, 5.74) is 5.93. The highest BCUT2D eigenvalue weighted by atomic mass is 32.1. The van der Waals surface area contributed by atoms with Gasteiger partial charge in [0.1, 0.15) is 4.88 Å². The summed E-state index contributed by atoms with van der Waals surface area (Å²) in [6, 6.07) is 9.20. The van der Waals surface area contributed by atoms with Crippen molar-refractivity contribution in [1.82, 2.24) is 0 Å². The number of nitrogens with one attached hydrogen (secondary N) is 2. The Labute approximate surface area is 165 Å². The first-order valence-electron chi connectivity index (χ1n) is 8.66. The zero-order valence-corrected chi connectivity index (χ0v) is 15.9. The summed E-state index contributed by atoms with van der Waals surface area (Å²) in [6.45, 7) is 1.45. The maximum Gasteiger partial charge on any atom is 0.349 e. The van der Waals surface area contributed by atoms with Crippen molar-refractivity contribution in [3.63, 3.8) is 0 Å². The third kappa shape index (κ3) is 4.95. The summed E-state index contributed by atoms with van der Waals surface area (Å²) in [7, 11) is 0. The molecule has 1 aliphatic rings. The molecule has 1 heterocycles. The van der Waals surface area contributed by atoms with E-state index < -0.39 is 23.9 Å². The van der Waals surface area contributed by atoms with Crippen LogP contribution in [0.25, 0.3) is 0 Å². The molecule has 1 aromatic carbocycles. The second-order valence-corrected chi connectivity index (χ2v) is 7.49. The van der Waals surface area contributed by atoms with Crippen LogP contribution in [-0.2, 0) is 14.3 Å². The lowest BCUT2D eigenvalue weighted by atomic mass is 10.2. The molecule has 3 amide bonds. The van der Waals surface area contributed by atoms with Crippen molar-refractivity contribution in [2.24, 2.45) is 11.7 Å². The highest BCUT2D eigenvalue weighted by Crippen LogP contribution is 2.31. The number of thiophene rings is 1. The van der Waals surface area contributed by atoms with Crippen LogP contribution in [0.5, 0.6) is 0 Å². The summed E-state index contributed by atoms with van der Waals surface area (Å²) in [6.07, 6.45) is 0.753. The van der Waals surface area contributed by atoms with Crippen LogP contribution in [-0.4, -0.2) is 29.8 Å². The number of hydrogen-bond acceptors (Lipinski definition) is 6. The van der Waals surface area contributed by atoms with Crippen molar-refractivity contribution < 1.29 is 23.9 Å². The van der Waals surface area contributed by atoms with Gasteiger partial charge in [0.05, 0.1) is 5.00 Å². The molecule has 4 N–H and O–H groups in total. The van der Waals surface area contributed by atoms with Crippen molar-refractivity contribution in [2.75, 3.05) is 10.6 Å². The van der Waals surface area contributed by atoms with Crippen molar-refractivity contribution in [1.29, 1.82) is 0 Å². The summed E-state index contributed by atoms with van der Waals surface area (Å²) in [4.78, 5) is 47.5. The Morgan fingerprint density at radius 1 is 1.07 bits per heavy atom. The minimum absolute atomic E-state index is 0.0446. The van der Waals surface area contributed by atoms with Crippen molar-refractivity contribution in [3.05, 3.63) is 46.8 Å². The first-order chi connectivity index (χ1) is 13.3. The van der Waals surface area contributed by atoms with E-state index in [1.807, 2.05) is 0 Å². The number of ether oxygens (including phenoxy) is 1. The van der Waals surface area contributed by atoms with E-state index in [1.165, 1.54) is 31.2 Å². The molecule has 1 unspecified atom stereocenters. The molecule has 0 spiro atoms. The van der Waals surface area contributed by atoms with Crippen LogP contribution in [0.4, 0.5) is 10.7 Å². The number of rotatable bonds is 7. The second-order valence-electron chi connectivity index (χ2n) is 6.41. The number of primary amides is 1. The van der Waals surface area contributed by atoms with Crippen LogP contribution >= 0.6 is 11.3 Å². The molecule has 1 saturated carbocycles. The Hall–Kier alpha value is -3.20. The molecule has 0 saturated heterocycles. The average molecular weight is 401 g/mol. The number of nitrogens with two attached hydrogens (primary N) is 1. The maximum atomic E-state index is 12.2. The third-order valence-electron chi connectivity index (χ3n) is 4.09. The van der Waals surface area contributed by atoms with Gasteiger partial charge in [0.25, 0.3) is 5.91 Å². The lowest BCUT2D eigenvalue weighted by Gasteiger charge is -2.13. The van der Waals surface area contributed by atoms with E-state index in [4.69, 9.17) is 10.5 Å². The monoisotopic (exact) mass is 401 g/mol. The fourth-order valence-electron chi connectivity index (χ4n) is 2.32. The van der Waals surface area contributed by atoms with E-state index in [9.17, 15) is 19.2 Å². The number of carbonyl (C=O) groups is 4. The zero-order chi connectivity index (χ0) is 20.3. The Bertz CT molecular complexity index is 918. The quantitative estimate of drug-likeness (QED) is 0.614. The number of anilines is 2. The number of benzene rings is 1. The minimum Gasteiger partial charge on any atom is -0.448 e. The van der Waals surface area contributed by atoms with E-state index in [-0.39, 0.29) is 16.7 Å². The largest absolute Gasteiger partial charge is 0.448 e. The zero-order valence-electron chi connectivity index (χ0n) is 15.1. The maximum absolute atomic E-state index is 12.2. The van der Waals surface area contributed by atoms with E-state index >= 15 is 0 Å².